The van der Waals surface area contributed by atoms with E-state index >= 15 is 0 Å². The lowest BCUT2D eigenvalue weighted by Crippen LogP contribution is -2.29. The average Bonchev–Trinajstić information content (AvgIpc) is 2.82. The van der Waals surface area contributed by atoms with Gasteiger partial charge in [0.1, 0.15) is 10.9 Å². The molecule has 1 saturated heterocycles. The Hall–Kier alpha value is -2.32. The second kappa shape index (κ2) is 8.68. The third-order valence-electron chi connectivity index (χ3n) is 3.10. The van der Waals surface area contributed by atoms with E-state index in [0.29, 0.717) is 39.4 Å². The standard InChI is InChI=1S/C17H17NO5S2/c1-3-7-18-16(21)14(25-17(18)24)9-11-5-6-12(23-10-15(19)20)13(8-11)22-4-2/h3,5-6,8-9H,1,4,7,10H2,2H3,(H,19,20)/p-1/b14-9-. The highest BCUT2D eigenvalue weighted by atomic mass is 32.2. The summed E-state index contributed by atoms with van der Waals surface area (Å²) in [5, 5.41) is 10.5. The van der Waals surface area contributed by atoms with Gasteiger partial charge < -0.3 is 19.4 Å². The lowest BCUT2D eigenvalue weighted by Gasteiger charge is -2.13. The molecule has 2 rings (SSSR count). The number of rotatable bonds is 8. The number of ether oxygens (including phenoxy) is 2. The maximum absolute atomic E-state index is 12.3. The van der Waals surface area contributed by atoms with Gasteiger partial charge in [-0.2, -0.15) is 0 Å². The number of nitrogens with zero attached hydrogens (tertiary/aromatic N) is 1. The first-order valence-corrected chi connectivity index (χ1v) is 8.64. The Morgan fingerprint density at radius 2 is 2.16 bits per heavy atom. The van der Waals surface area contributed by atoms with Crippen LogP contribution < -0.4 is 14.6 Å². The SMILES string of the molecule is C=CCN1C(=O)/C(=C/c2ccc(OCC(=O)[O-])c(OCC)c2)SC1=S. The Bertz CT molecular complexity index is 745. The quantitative estimate of drug-likeness (QED) is 0.386. The number of benzene rings is 1. The number of carbonyl (C=O) groups is 2. The molecular weight excluding hydrogens is 362 g/mol. The highest BCUT2D eigenvalue weighted by Crippen LogP contribution is 2.34. The molecule has 0 aromatic heterocycles. The van der Waals surface area contributed by atoms with Gasteiger partial charge >= 0.3 is 0 Å². The van der Waals surface area contributed by atoms with Crippen LogP contribution in [0.4, 0.5) is 0 Å². The van der Waals surface area contributed by atoms with Crippen LogP contribution in [0, 0.1) is 0 Å². The van der Waals surface area contributed by atoms with Gasteiger partial charge in [-0.15, -0.1) is 6.58 Å². The molecule has 0 aliphatic carbocycles. The van der Waals surface area contributed by atoms with Crippen molar-refractivity contribution in [3.8, 4) is 11.5 Å². The third kappa shape index (κ3) is 4.83. The lowest BCUT2D eigenvalue weighted by atomic mass is 10.2. The molecule has 6 nitrogen and oxygen atoms in total. The summed E-state index contributed by atoms with van der Waals surface area (Å²) in [7, 11) is 0. The molecule has 25 heavy (non-hydrogen) atoms. The van der Waals surface area contributed by atoms with Gasteiger partial charge in [-0.1, -0.05) is 36.1 Å². The summed E-state index contributed by atoms with van der Waals surface area (Å²) in [6.07, 6.45) is 3.32. The Morgan fingerprint density at radius 1 is 1.40 bits per heavy atom. The predicted octanol–water partition coefficient (Wildman–Crippen LogP) is 1.60. The number of thiocarbonyl (C=S) groups is 1. The molecule has 1 aliphatic rings. The van der Waals surface area contributed by atoms with Gasteiger partial charge in [0, 0.05) is 6.54 Å². The number of thioether (sulfide) groups is 1. The Morgan fingerprint density at radius 3 is 2.80 bits per heavy atom. The molecule has 132 valence electrons. The van der Waals surface area contributed by atoms with Crippen LogP contribution in [0.2, 0.25) is 0 Å². The average molecular weight is 378 g/mol. The maximum atomic E-state index is 12.3. The summed E-state index contributed by atoms with van der Waals surface area (Å²) in [5.41, 5.74) is 0.711. The molecule has 0 spiro atoms. The fourth-order valence-electron chi connectivity index (χ4n) is 2.08. The van der Waals surface area contributed by atoms with E-state index in [1.807, 2.05) is 0 Å². The number of carbonyl (C=O) groups excluding carboxylic acids is 2. The lowest BCUT2D eigenvalue weighted by molar-refractivity contribution is -0.307. The van der Waals surface area contributed by atoms with E-state index in [1.54, 1.807) is 37.3 Å². The first-order chi connectivity index (χ1) is 12.0. The Balaban J connectivity index is 2.26. The zero-order chi connectivity index (χ0) is 18.4. The molecule has 1 fully saturated rings. The molecule has 1 aromatic rings. The molecule has 1 heterocycles. The molecule has 1 aliphatic heterocycles. The highest BCUT2D eigenvalue weighted by Gasteiger charge is 2.30. The largest absolute Gasteiger partial charge is 0.546 e. The van der Waals surface area contributed by atoms with Crippen LogP contribution in [-0.4, -0.2) is 40.9 Å². The van der Waals surface area contributed by atoms with Gasteiger partial charge in [-0.25, -0.2) is 0 Å². The van der Waals surface area contributed by atoms with Crippen molar-refractivity contribution < 1.29 is 24.2 Å². The number of hydrogen-bond acceptors (Lipinski definition) is 7. The van der Waals surface area contributed by atoms with Crippen LogP contribution in [0.15, 0.2) is 35.8 Å². The van der Waals surface area contributed by atoms with Gasteiger partial charge in [-0.3, -0.25) is 9.69 Å². The summed E-state index contributed by atoms with van der Waals surface area (Å²) < 4.78 is 11.1. The molecule has 1 aromatic carbocycles. The summed E-state index contributed by atoms with van der Waals surface area (Å²) in [5.74, 6) is -0.816. The molecular formula is C17H16NO5S2-. The summed E-state index contributed by atoms with van der Waals surface area (Å²) in [6.45, 7) is 5.59. The van der Waals surface area contributed by atoms with E-state index in [9.17, 15) is 14.7 Å². The molecule has 0 bridgehead atoms. The van der Waals surface area contributed by atoms with Gasteiger partial charge in [-0.05, 0) is 30.7 Å². The van der Waals surface area contributed by atoms with Crippen LogP contribution in [-0.2, 0) is 9.59 Å². The van der Waals surface area contributed by atoms with E-state index in [-0.39, 0.29) is 5.91 Å². The molecule has 0 unspecified atom stereocenters. The second-order valence-electron chi connectivity index (χ2n) is 4.88. The van der Waals surface area contributed by atoms with Crippen molar-refractivity contribution in [3.63, 3.8) is 0 Å². The minimum Gasteiger partial charge on any atom is -0.546 e. The fraction of sp³-hybridized carbons (Fsp3) is 0.235. The van der Waals surface area contributed by atoms with E-state index in [0.717, 1.165) is 0 Å². The number of carboxylic acid groups (broad SMARTS) is 1. The molecule has 0 saturated carbocycles. The van der Waals surface area contributed by atoms with Crippen molar-refractivity contribution in [1.82, 2.24) is 4.90 Å². The van der Waals surface area contributed by atoms with Crippen LogP contribution in [0.25, 0.3) is 6.08 Å². The minimum absolute atomic E-state index is 0.176. The van der Waals surface area contributed by atoms with Crippen molar-refractivity contribution in [3.05, 3.63) is 41.3 Å². The normalized spacial score (nSPS) is 15.6. The van der Waals surface area contributed by atoms with Gasteiger partial charge in [0.25, 0.3) is 5.91 Å². The van der Waals surface area contributed by atoms with E-state index in [4.69, 9.17) is 21.7 Å². The van der Waals surface area contributed by atoms with Crippen LogP contribution >= 0.6 is 24.0 Å². The zero-order valence-electron chi connectivity index (χ0n) is 13.5. The second-order valence-corrected chi connectivity index (χ2v) is 6.56. The van der Waals surface area contributed by atoms with E-state index in [1.165, 1.54) is 16.7 Å². The molecule has 0 N–H and O–H groups in total. The van der Waals surface area contributed by atoms with Crippen LogP contribution in [0.3, 0.4) is 0 Å². The van der Waals surface area contributed by atoms with Crippen LogP contribution in [0.1, 0.15) is 12.5 Å². The Kier molecular flexibility index (Phi) is 6.60. The Labute approximate surface area is 155 Å². The van der Waals surface area contributed by atoms with Gasteiger partial charge in [0.05, 0.1) is 17.5 Å². The van der Waals surface area contributed by atoms with E-state index < -0.39 is 12.6 Å². The molecule has 8 heteroatoms. The topological polar surface area (TPSA) is 78.9 Å². The predicted molar refractivity (Wildman–Crippen MR) is 98.2 cm³/mol. The summed E-state index contributed by atoms with van der Waals surface area (Å²) >= 11 is 6.41. The van der Waals surface area contributed by atoms with Crippen molar-refractivity contribution in [1.29, 1.82) is 0 Å². The van der Waals surface area contributed by atoms with Crippen LogP contribution in [0.5, 0.6) is 11.5 Å². The van der Waals surface area contributed by atoms with Crippen molar-refractivity contribution in [2.45, 2.75) is 6.92 Å². The van der Waals surface area contributed by atoms with Crippen molar-refractivity contribution in [2.75, 3.05) is 19.8 Å². The van der Waals surface area contributed by atoms with Crippen molar-refractivity contribution in [2.24, 2.45) is 0 Å². The first-order valence-electron chi connectivity index (χ1n) is 7.42. The fourth-order valence-corrected chi connectivity index (χ4v) is 3.35. The summed E-state index contributed by atoms with van der Waals surface area (Å²) in [6, 6.07) is 4.96. The zero-order valence-corrected chi connectivity index (χ0v) is 15.2. The molecule has 0 radical (unpaired) electrons. The number of aliphatic carboxylic acids is 1. The highest BCUT2D eigenvalue weighted by molar-refractivity contribution is 8.26. The van der Waals surface area contributed by atoms with Crippen molar-refractivity contribution >= 4 is 46.3 Å². The monoisotopic (exact) mass is 378 g/mol. The number of hydrogen-bond donors (Lipinski definition) is 0. The molecule has 0 atom stereocenters. The minimum atomic E-state index is -1.32. The van der Waals surface area contributed by atoms with E-state index in [2.05, 4.69) is 6.58 Å². The molecule has 1 amide bonds. The number of carboxylic acids is 1. The first kappa shape index (κ1) is 19.0. The smallest absolute Gasteiger partial charge is 0.266 e. The van der Waals surface area contributed by atoms with Gasteiger partial charge in [0.2, 0.25) is 0 Å². The number of amides is 1. The summed E-state index contributed by atoms with van der Waals surface area (Å²) in [4.78, 5) is 24.8. The third-order valence-corrected chi connectivity index (χ3v) is 4.47. The van der Waals surface area contributed by atoms with Gasteiger partial charge in [0.15, 0.2) is 11.5 Å². The maximum Gasteiger partial charge on any atom is 0.266 e.